The van der Waals surface area contributed by atoms with E-state index in [1.54, 1.807) is 6.20 Å². The Morgan fingerprint density at radius 1 is 1.33 bits per heavy atom. The smallest absolute Gasteiger partial charge is 0.177 e. The maximum absolute atomic E-state index is 4.49. The second kappa shape index (κ2) is 3.93. The fraction of sp³-hybridized carbons (Fsp3) is 0.455. The van der Waals surface area contributed by atoms with Crippen LogP contribution in [0.2, 0.25) is 0 Å². The summed E-state index contributed by atoms with van der Waals surface area (Å²) in [5.41, 5.74) is 1.78. The second-order valence-electron chi connectivity index (χ2n) is 4.18. The van der Waals surface area contributed by atoms with Gasteiger partial charge in [0, 0.05) is 16.6 Å². The van der Waals surface area contributed by atoms with E-state index in [4.69, 9.17) is 0 Å². The number of imidazole rings is 1. The van der Waals surface area contributed by atoms with E-state index in [1.165, 1.54) is 0 Å². The molecule has 0 bridgehead atoms. The van der Waals surface area contributed by atoms with Gasteiger partial charge in [0.1, 0.15) is 5.82 Å². The fourth-order valence-corrected chi connectivity index (χ4v) is 1.76. The van der Waals surface area contributed by atoms with Gasteiger partial charge >= 0.3 is 0 Å². The van der Waals surface area contributed by atoms with Crippen molar-refractivity contribution < 1.29 is 0 Å². The molecular weight excluding hydrogens is 254 g/mol. The van der Waals surface area contributed by atoms with E-state index in [1.807, 2.05) is 6.07 Å². The summed E-state index contributed by atoms with van der Waals surface area (Å²) >= 11 is 3.40. The SMILES string of the molecule is CC(C)C(C)c1nc2ncc(Br)cc2[nH]1. The van der Waals surface area contributed by atoms with Crippen LogP contribution in [0.5, 0.6) is 0 Å². The average molecular weight is 268 g/mol. The first-order valence-electron chi connectivity index (χ1n) is 5.09. The Labute approximate surface area is 97.5 Å². The van der Waals surface area contributed by atoms with Crippen molar-refractivity contribution in [2.75, 3.05) is 0 Å². The van der Waals surface area contributed by atoms with Gasteiger partial charge in [-0.05, 0) is 27.9 Å². The zero-order chi connectivity index (χ0) is 11.0. The molecule has 1 atom stereocenters. The quantitative estimate of drug-likeness (QED) is 0.905. The molecule has 2 aromatic rings. The zero-order valence-electron chi connectivity index (χ0n) is 9.08. The molecule has 2 aromatic heterocycles. The molecular formula is C11H14BrN3. The molecule has 0 aromatic carbocycles. The van der Waals surface area contributed by atoms with Crippen LogP contribution >= 0.6 is 15.9 Å². The first-order chi connectivity index (χ1) is 7.08. The molecule has 4 heteroatoms. The third-order valence-corrected chi connectivity index (χ3v) is 3.19. The second-order valence-corrected chi connectivity index (χ2v) is 5.10. The number of hydrogen-bond donors (Lipinski definition) is 1. The normalized spacial score (nSPS) is 13.7. The van der Waals surface area contributed by atoms with Gasteiger partial charge in [-0.1, -0.05) is 20.8 Å². The molecule has 3 nitrogen and oxygen atoms in total. The number of halogens is 1. The fourth-order valence-electron chi connectivity index (χ4n) is 1.42. The summed E-state index contributed by atoms with van der Waals surface area (Å²) in [6, 6.07) is 2.01. The number of nitrogens with zero attached hydrogens (tertiary/aromatic N) is 2. The first-order valence-corrected chi connectivity index (χ1v) is 5.88. The molecule has 0 saturated carbocycles. The topological polar surface area (TPSA) is 41.6 Å². The molecule has 15 heavy (non-hydrogen) atoms. The minimum Gasteiger partial charge on any atom is -0.340 e. The highest BCUT2D eigenvalue weighted by Gasteiger charge is 2.14. The Morgan fingerprint density at radius 3 is 2.73 bits per heavy atom. The van der Waals surface area contributed by atoms with Crippen molar-refractivity contribution in [2.45, 2.75) is 26.7 Å². The average Bonchev–Trinajstić information content (AvgIpc) is 2.58. The maximum Gasteiger partial charge on any atom is 0.177 e. The molecule has 0 amide bonds. The van der Waals surface area contributed by atoms with Crippen molar-refractivity contribution in [1.29, 1.82) is 0 Å². The summed E-state index contributed by atoms with van der Waals surface area (Å²) in [7, 11) is 0. The highest BCUT2D eigenvalue weighted by molar-refractivity contribution is 9.10. The molecule has 1 N–H and O–H groups in total. The van der Waals surface area contributed by atoms with E-state index in [-0.39, 0.29) is 0 Å². The summed E-state index contributed by atoms with van der Waals surface area (Å²) in [6.45, 7) is 6.57. The number of rotatable bonds is 2. The lowest BCUT2D eigenvalue weighted by Gasteiger charge is -2.11. The van der Waals surface area contributed by atoms with Gasteiger partial charge in [0.2, 0.25) is 0 Å². The molecule has 0 spiro atoms. The summed E-state index contributed by atoms with van der Waals surface area (Å²) in [5, 5.41) is 0. The molecule has 2 heterocycles. The van der Waals surface area contributed by atoms with Crippen LogP contribution in [0, 0.1) is 5.92 Å². The lowest BCUT2D eigenvalue weighted by atomic mass is 9.98. The van der Waals surface area contributed by atoms with E-state index in [0.29, 0.717) is 11.8 Å². The van der Waals surface area contributed by atoms with Gasteiger partial charge in [0.15, 0.2) is 5.65 Å². The van der Waals surface area contributed by atoms with Gasteiger partial charge in [-0.25, -0.2) is 9.97 Å². The Kier molecular flexibility index (Phi) is 2.78. The third-order valence-electron chi connectivity index (χ3n) is 2.75. The molecule has 0 fully saturated rings. The van der Waals surface area contributed by atoms with Crippen LogP contribution in [0.25, 0.3) is 11.2 Å². The monoisotopic (exact) mass is 267 g/mol. The van der Waals surface area contributed by atoms with Gasteiger partial charge in [-0.15, -0.1) is 0 Å². The van der Waals surface area contributed by atoms with Gasteiger partial charge in [0.25, 0.3) is 0 Å². The van der Waals surface area contributed by atoms with Gasteiger partial charge in [-0.2, -0.15) is 0 Å². The Hall–Kier alpha value is -0.900. The summed E-state index contributed by atoms with van der Waals surface area (Å²) in [6.07, 6.45) is 1.77. The lowest BCUT2D eigenvalue weighted by Crippen LogP contribution is -2.03. The summed E-state index contributed by atoms with van der Waals surface area (Å²) < 4.78 is 0.974. The highest BCUT2D eigenvalue weighted by Crippen LogP contribution is 2.23. The molecule has 0 radical (unpaired) electrons. The van der Waals surface area contributed by atoms with Crippen molar-refractivity contribution in [3.8, 4) is 0 Å². The van der Waals surface area contributed by atoms with Crippen LogP contribution in [0.4, 0.5) is 0 Å². The van der Waals surface area contributed by atoms with Crippen LogP contribution in [-0.4, -0.2) is 15.0 Å². The zero-order valence-corrected chi connectivity index (χ0v) is 10.7. The minimum atomic E-state index is 0.429. The van der Waals surface area contributed by atoms with Crippen LogP contribution in [0.15, 0.2) is 16.7 Å². The van der Waals surface area contributed by atoms with E-state index >= 15 is 0 Å². The number of H-pyrrole nitrogens is 1. The number of fused-ring (bicyclic) bond motifs is 1. The lowest BCUT2D eigenvalue weighted by molar-refractivity contribution is 0.515. The van der Waals surface area contributed by atoms with Crippen LogP contribution in [-0.2, 0) is 0 Å². The number of hydrogen-bond acceptors (Lipinski definition) is 2. The summed E-state index contributed by atoms with van der Waals surface area (Å²) in [4.78, 5) is 12.1. The van der Waals surface area contributed by atoms with E-state index in [9.17, 15) is 0 Å². The van der Waals surface area contributed by atoms with Crippen molar-refractivity contribution in [2.24, 2.45) is 5.92 Å². The van der Waals surface area contributed by atoms with E-state index in [0.717, 1.165) is 21.5 Å². The minimum absolute atomic E-state index is 0.429. The summed E-state index contributed by atoms with van der Waals surface area (Å²) in [5.74, 6) is 2.03. The molecule has 80 valence electrons. The standard InChI is InChI=1S/C11H14BrN3/c1-6(2)7(3)10-14-9-4-8(12)5-13-11(9)15-10/h4-7H,1-3H3,(H,13,14,15). The number of aromatic amines is 1. The van der Waals surface area contributed by atoms with Crippen LogP contribution < -0.4 is 0 Å². The largest absolute Gasteiger partial charge is 0.340 e. The predicted octanol–water partition coefficient (Wildman–Crippen LogP) is 3.48. The molecule has 2 rings (SSSR count). The molecule has 1 unspecified atom stereocenters. The van der Waals surface area contributed by atoms with Crippen molar-refractivity contribution in [3.63, 3.8) is 0 Å². The van der Waals surface area contributed by atoms with Gasteiger partial charge in [0.05, 0.1) is 5.52 Å². The van der Waals surface area contributed by atoms with Gasteiger partial charge in [-0.3, -0.25) is 0 Å². The maximum atomic E-state index is 4.49. The number of aromatic nitrogens is 3. The highest BCUT2D eigenvalue weighted by atomic mass is 79.9. The Morgan fingerprint density at radius 2 is 2.07 bits per heavy atom. The van der Waals surface area contributed by atoms with Crippen LogP contribution in [0.3, 0.4) is 0 Å². The number of nitrogens with one attached hydrogen (secondary N) is 1. The first kappa shape index (κ1) is 10.6. The predicted molar refractivity (Wildman–Crippen MR) is 64.8 cm³/mol. The van der Waals surface area contributed by atoms with Crippen molar-refractivity contribution in [1.82, 2.24) is 15.0 Å². The van der Waals surface area contributed by atoms with Crippen molar-refractivity contribution in [3.05, 3.63) is 22.6 Å². The Balaban J connectivity index is 2.47. The van der Waals surface area contributed by atoms with Gasteiger partial charge < -0.3 is 4.98 Å². The molecule has 0 aliphatic heterocycles. The number of pyridine rings is 1. The molecule has 0 saturated heterocycles. The molecule has 0 aliphatic carbocycles. The van der Waals surface area contributed by atoms with E-state index in [2.05, 4.69) is 51.7 Å². The third kappa shape index (κ3) is 2.04. The van der Waals surface area contributed by atoms with E-state index < -0.39 is 0 Å². The molecule has 0 aliphatic rings. The van der Waals surface area contributed by atoms with Crippen LogP contribution in [0.1, 0.15) is 32.5 Å². The van der Waals surface area contributed by atoms with Crippen molar-refractivity contribution >= 4 is 27.1 Å². The Bertz CT molecular complexity index is 476.